The predicted octanol–water partition coefficient (Wildman–Crippen LogP) is 1.91. The van der Waals surface area contributed by atoms with Crippen molar-refractivity contribution in [1.82, 2.24) is 30.4 Å². The van der Waals surface area contributed by atoms with Crippen LogP contribution >= 0.6 is 23.5 Å². The highest BCUT2D eigenvalue weighted by molar-refractivity contribution is 8.06. The first-order valence-corrected chi connectivity index (χ1v) is 13.5. The molecule has 0 saturated carbocycles. The van der Waals surface area contributed by atoms with E-state index in [0.717, 1.165) is 11.1 Å². The molecule has 0 bridgehead atoms. The van der Waals surface area contributed by atoms with Gasteiger partial charge < -0.3 is 14.8 Å². The standard InChI is InChI=1S/C25H24N6O5S2/c1-30-25(27-28-29-30)38-18-14-37-23-20(26-19(32)12-15-6-4-3-5-7-15)22(33)31(23)21(18)24(34)36-13-16-8-10-17(35-2)11-9-16/h3-11,20,23H,12-14H2,1-2H3,(H,26,32)/t20?,23-/m1/s1. The number of nitrogens with zero attached hydrogens (tertiary/aromatic N) is 5. The van der Waals surface area contributed by atoms with E-state index >= 15 is 0 Å². The Labute approximate surface area is 226 Å². The van der Waals surface area contributed by atoms with E-state index in [1.54, 1.807) is 38.4 Å². The summed E-state index contributed by atoms with van der Waals surface area (Å²) < 4.78 is 12.3. The number of esters is 1. The molecule has 0 radical (unpaired) electrons. The molecule has 1 unspecified atom stereocenters. The van der Waals surface area contributed by atoms with Gasteiger partial charge in [0, 0.05) is 17.7 Å². The molecule has 196 valence electrons. The largest absolute Gasteiger partial charge is 0.497 e. The maximum Gasteiger partial charge on any atom is 0.356 e. The van der Waals surface area contributed by atoms with Gasteiger partial charge in [-0.2, -0.15) is 0 Å². The van der Waals surface area contributed by atoms with Gasteiger partial charge in [0.2, 0.25) is 11.1 Å². The van der Waals surface area contributed by atoms with Gasteiger partial charge in [-0.25, -0.2) is 9.48 Å². The first-order valence-electron chi connectivity index (χ1n) is 11.7. The molecule has 1 saturated heterocycles. The summed E-state index contributed by atoms with van der Waals surface area (Å²) in [4.78, 5) is 41.2. The van der Waals surface area contributed by atoms with Gasteiger partial charge in [0.05, 0.1) is 13.5 Å². The second-order valence-corrected chi connectivity index (χ2v) is 10.7. The van der Waals surface area contributed by atoms with Crippen LogP contribution in [0.4, 0.5) is 0 Å². The number of aromatic nitrogens is 4. The maximum atomic E-state index is 13.4. The molecule has 13 heteroatoms. The van der Waals surface area contributed by atoms with E-state index in [0.29, 0.717) is 21.6 Å². The summed E-state index contributed by atoms with van der Waals surface area (Å²) in [6.07, 6.45) is 0.162. The lowest BCUT2D eigenvalue weighted by molar-refractivity contribution is -0.153. The fourth-order valence-corrected chi connectivity index (χ4v) is 6.40. The Morgan fingerprint density at radius 1 is 1.13 bits per heavy atom. The van der Waals surface area contributed by atoms with Crippen molar-refractivity contribution in [3.63, 3.8) is 0 Å². The number of fused-ring (bicyclic) bond motifs is 1. The molecule has 1 N–H and O–H groups in total. The van der Waals surface area contributed by atoms with Crippen molar-refractivity contribution in [2.75, 3.05) is 12.9 Å². The van der Waals surface area contributed by atoms with Gasteiger partial charge in [-0.15, -0.1) is 16.9 Å². The summed E-state index contributed by atoms with van der Waals surface area (Å²) in [5.74, 6) is -0.144. The van der Waals surface area contributed by atoms with Gasteiger partial charge in [-0.3, -0.25) is 14.5 Å². The first kappa shape index (κ1) is 25.8. The van der Waals surface area contributed by atoms with Crippen LogP contribution in [0.25, 0.3) is 0 Å². The lowest BCUT2D eigenvalue weighted by atomic mass is 10.0. The average Bonchev–Trinajstić information content (AvgIpc) is 3.34. The molecule has 2 atom stereocenters. The first-order chi connectivity index (χ1) is 18.4. The zero-order valence-electron chi connectivity index (χ0n) is 20.6. The number of hydrogen-bond donors (Lipinski definition) is 1. The predicted molar refractivity (Wildman–Crippen MR) is 140 cm³/mol. The quantitative estimate of drug-likeness (QED) is 0.310. The highest BCUT2D eigenvalue weighted by Crippen LogP contribution is 2.45. The monoisotopic (exact) mass is 552 g/mol. The molecule has 0 spiro atoms. The van der Waals surface area contributed by atoms with Gasteiger partial charge in [0.15, 0.2) is 0 Å². The SMILES string of the molecule is COc1ccc(COC(=O)C2=C(Sc3nnnn3C)CS[C@@H]3C(NC(=O)Cc4ccccc4)C(=O)N23)cc1. The van der Waals surface area contributed by atoms with E-state index in [4.69, 9.17) is 9.47 Å². The molecule has 5 rings (SSSR count). The maximum absolute atomic E-state index is 13.4. The number of methoxy groups -OCH3 is 1. The number of nitrogens with one attached hydrogen (secondary N) is 1. The van der Waals surface area contributed by atoms with E-state index in [1.807, 2.05) is 30.3 Å². The molecule has 0 aliphatic carbocycles. The molecular weight excluding hydrogens is 528 g/mol. The third-order valence-electron chi connectivity index (χ3n) is 5.98. The van der Waals surface area contributed by atoms with Gasteiger partial charge in [-0.1, -0.05) is 42.5 Å². The van der Waals surface area contributed by atoms with Crippen LogP contribution in [0.3, 0.4) is 0 Å². The number of hydrogen-bond acceptors (Lipinski definition) is 10. The Kier molecular flexibility index (Phi) is 7.65. The fraction of sp³-hybridized carbons (Fsp3) is 0.280. The number of aryl methyl sites for hydroxylation is 1. The van der Waals surface area contributed by atoms with E-state index in [2.05, 4.69) is 20.8 Å². The van der Waals surface area contributed by atoms with Crippen molar-refractivity contribution < 1.29 is 23.9 Å². The molecule has 2 aliphatic heterocycles. The summed E-state index contributed by atoms with van der Waals surface area (Å²) in [5.41, 5.74) is 1.77. The Morgan fingerprint density at radius 2 is 1.89 bits per heavy atom. The van der Waals surface area contributed by atoms with E-state index in [1.165, 1.54) is 33.1 Å². The molecule has 1 aromatic heterocycles. The minimum Gasteiger partial charge on any atom is -0.497 e. The highest BCUT2D eigenvalue weighted by Gasteiger charge is 2.54. The summed E-state index contributed by atoms with van der Waals surface area (Å²) in [7, 11) is 3.27. The van der Waals surface area contributed by atoms with Crippen molar-refractivity contribution in [3.05, 3.63) is 76.3 Å². The van der Waals surface area contributed by atoms with Crippen LogP contribution in [0.2, 0.25) is 0 Å². The smallest absolute Gasteiger partial charge is 0.356 e. The molecule has 38 heavy (non-hydrogen) atoms. The van der Waals surface area contributed by atoms with Gasteiger partial charge in [0.25, 0.3) is 5.91 Å². The summed E-state index contributed by atoms with van der Waals surface area (Å²) in [6, 6.07) is 15.7. The molecule has 11 nitrogen and oxygen atoms in total. The minimum atomic E-state index is -0.733. The molecule has 1 fully saturated rings. The second kappa shape index (κ2) is 11.3. The number of thioether (sulfide) groups is 2. The number of amides is 2. The minimum absolute atomic E-state index is 0.0207. The number of benzene rings is 2. The number of rotatable bonds is 9. The van der Waals surface area contributed by atoms with Crippen molar-refractivity contribution in [2.24, 2.45) is 7.05 Å². The Balaban J connectivity index is 1.33. The summed E-state index contributed by atoms with van der Waals surface area (Å²) in [5, 5.41) is 14.3. The Bertz CT molecular complexity index is 1380. The van der Waals surface area contributed by atoms with Gasteiger partial charge in [-0.05, 0) is 45.4 Å². The Morgan fingerprint density at radius 3 is 2.58 bits per heavy atom. The number of tetrazole rings is 1. The lowest BCUT2D eigenvalue weighted by Crippen LogP contribution is -2.70. The van der Waals surface area contributed by atoms with Gasteiger partial charge in [0.1, 0.15) is 29.5 Å². The third kappa shape index (κ3) is 5.38. The number of carbonyl (C=O) groups excluding carboxylic acids is 3. The number of carbonyl (C=O) groups is 3. The third-order valence-corrected chi connectivity index (χ3v) is 8.55. The van der Waals surface area contributed by atoms with E-state index in [-0.39, 0.29) is 30.5 Å². The molecule has 2 aromatic carbocycles. The Hall–Kier alpha value is -3.84. The van der Waals surface area contributed by atoms with Crippen molar-refractivity contribution in [2.45, 2.75) is 29.6 Å². The molecule has 3 heterocycles. The van der Waals surface area contributed by atoms with Crippen molar-refractivity contribution in [3.8, 4) is 5.75 Å². The molecular formula is C25H24N6O5S2. The topological polar surface area (TPSA) is 129 Å². The highest BCUT2D eigenvalue weighted by atomic mass is 32.2. The van der Waals surface area contributed by atoms with E-state index < -0.39 is 17.4 Å². The van der Waals surface area contributed by atoms with Crippen LogP contribution in [0.5, 0.6) is 5.75 Å². The van der Waals surface area contributed by atoms with Gasteiger partial charge >= 0.3 is 5.97 Å². The van der Waals surface area contributed by atoms with Crippen molar-refractivity contribution >= 4 is 41.3 Å². The summed E-state index contributed by atoms with van der Waals surface area (Å²) >= 11 is 2.67. The number of ether oxygens (including phenoxy) is 2. The number of β-lactam (4-membered cyclic amide) rings is 1. The van der Waals surface area contributed by atoms with Crippen LogP contribution < -0.4 is 10.1 Å². The van der Waals surface area contributed by atoms with Crippen LogP contribution in [0.15, 0.2) is 70.4 Å². The van der Waals surface area contributed by atoms with Crippen LogP contribution in [0, 0.1) is 0 Å². The lowest BCUT2D eigenvalue weighted by Gasteiger charge is -2.49. The normalized spacial score (nSPS) is 18.5. The molecule has 3 aromatic rings. The summed E-state index contributed by atoms with van der Waals surface area (Å²) in [6.45, 7) is 0.0207. The zero-order chi connectivity index (χ0) is 26.6. The van der Waals surface area contributed by atoms with Crippen LogP contribution in [0.1, 0.15) is 11.1 Å². The average molecular weight is 553 g/mol. The van der Waals surface area contributed by atoms with Crippen molar-refractivity contribution in [1.29, 1.82) is 0 Å². The fourth-order valence-electron chi connectivity index (χ4n) is 4.02. The van der Waals surface area contributed by atoms with Crippen LogP contribution in [-0.2, 0) is 39.2 Å². The second-order valence-electron chi connectivity index (χ2n) is 8.50. The zero-order valence-corrected chi connectivity index (χ0v) is 22.2. The molecule has 2 amide bonds. The van der Waals surface area contributed by atoms with E-state index in [9.17, 15) is 14.4 Å². The molecule has 2 aliphatic rings. The van der Waals surface area contributed by atoms with Crippen LogP contribution in [-0.4, -0.2) is 67.2 Å².